The van der Waals surface area contributed by atoms with E-state index in [1.165, 1.54) is 0 Å². The molecule has 2 unspecified atom stereocenters. The number of carbonyl (C=O) groups is 2. The number of nitrogens with zero attached hydrogens (tertiary/aromatic N) is 1. The highest BCUT2D eigenvalue weighted by Gasteiger charge is 2.35. The Bertz CT molecular complexity index is 267. The highest BCUT2D eigenvalue weighted by molar-refractivity contribution is 5.82. The van der Waals surface area contributed by atoms with Crippen molar-refractivity contribution in [3.05, 3.63) is 0 Å². The van der Waals surface area contributed by atoms with Crippen LogP contribution in [0.2, 0.25) is 0 Å². The molecule has 1 fully saturated rings. The number of hydrogen-bond donors (Lipinski definition) is 1. The van der Waals surface area contributed by atoms with Gasteiger partial charge >= 0.3 is 5.97 Å². The number of amides is 1. The average molecular weight is 229 g/mol. The van der Waals surface area contributed by atoms with E-state index in [1.54, 1.807) is 11.9 Å². The lowest BCUT2D eigenvalue weighted by Gasteiger charge is -2.20. The summed E-state index contributed by atoms with van der Waals surface area (Å²) in [5.41, 5.74) is 0. The first-order valence-electron chi connectivity index (χ1n) is 5.69. The molecule has 92 valence electrons. The van der Waals surface area contributed by atoms with E-state index in [-0.39, 0.29) is 5.91 Å². The quantitative estimate of drug-likeness (QED) is 0.759. The number of hydrogen-bond acceptors (Lipinski definition) is 3. The largest absolute Gasteiger partial charge is 0.479 e. The number of carboxylic acids is 1. The van der Waals surface area contributed by atoms with Gasteiger partial charge in [0.05, 0.1) is 0 Å². The van der Waals surface area contributed by atoms with Crippen LogP contribution in [0.15, 0.2) is 0 Å². The first kappa shape index (κ1) is 13.0. The van der Waals surface area contributed by atoms with Gasteiger partial charge in [-0.3, -0.25) is 4.79 Å². The minimum absolute atomic E-state index is 0.0998. The lowest BCUT2D eigenvalue weighted by Crippen LogP contribution is -2.37. The molecule has 0 spiro atoms. The van der Waals surface area contributed by atoms with Crippen LogP contribution < -0.4 is 0 Å². The minimum atomic E-state index is -0.980. The molecule has 0 aromatic heterocycles. The Morgan fingerprint density at radius 2 is 2.00 bits per heavy atom. The normalized spacial score (nSPS) is 24.4. The second kappa shape index (κ2) is 5.84. The van der Waals surface area contributed by atoms with E-state index in [1.807, 2.05) is 0 Å². The number of unbranched alkanes of at least 4 members (excludes halogenated alkanes) is 1. The first-order valence-corrected chi connectivity index (χ1v) is 5.69. The van der Waals surface area contributed by atoms with Crippen LogP contribution in [0.5, 0.6) is 0 Å². The van der Waals surface area contributed by atoms with Crippen LogP contribution >= 0.6 is 0 Å². The molecule has 0 saturated carbocycles. The number of carboxylic acid groups (broad SMARTS) is 1. The molecule has 0 aromatic rings. The van der Waals surface area contributed by atoms with Crippen molar-refractivity contribution in [2.75, 3.05) is 13.6 Å². The Morgan fingerprint density at radius 1 is 1.38 bits per heavy atom. The van der Waals surface area contributed by atoms with E-state index in [0.29, 0.717) is 19.4 Å². The fourth-order valence-electron chi connectivity index (χ4n) is 1.75. The van der Waals surface area contributed by atoms with E-state index in [2.05, 4.69) is 6.92 Å². The van der Waals surface area contributed by atoms with E-state index < -0.39 is 18.2 Å². The highest BCUT2D eigenvalue weighted by atomic mass is 16.5. The van der Waals surface area contributed by atoms with Crippen molar-refractivity contribution in [2.45, 2.75) is 44.8 Å². The summed E-state index contributed by atoms with van der Waals surface area (Å²) >= 11 is 0. The van der Waals surface area contributed by atoms with Crippen molar-refractivity contribution >= 4 is 11.9 Å². The summed E-state index contributed by atoms with van der Waals surface area (Å²) in [6.45, 7) is 2.76. The standard InChI is InChI=1S/C11H19NO4/c1-3-4-7-12(2)10(13)8-5-6-9(16-8)11(14)15/h8-9H,3-7H2,1-2H3,(H,14,15). The molecular formula is C11H19NO4. The number of likely N-dealkylation sites (N-methyl/N-ethyl adjacent to an activating group) is 1. The fraction of sp³-hybridized carbons (Fsp3) is 0.818. The molecule has 2 atom stereocenters. The Hall–Kier alpha value is -1.10. The zero-order valence-corrected chi connectivity index (χ0v) is 9.81. The molecule has 1 N–H and O–H groups in total. The third-order valence-corrected chi connectivity index (χ3v) is 2.79. The van der Waals surface area contributed by atoms with Crippen molar-refractivity contribution in [1.29, 1.82) is 0 Å². The summed E-state index contributed by atoms with van der Waals surface area (Å²) in [6, 6.07) is 0. The SMILES string of the molecule is CCCCN(C)C(=O)C1CCC(C(=O)O)O1. The van der Waals surface area contributed by atoms with E-state index in [9.17, 15) is 9.59 Å². The Balaban J connectivity index is 2.41. The third kappa shape index (κ3) is 3.20. The van der Waals surface area contributed by atoms with Gasteiger partial charge in [-0.15, -0.1) is 0 Å². The fourth-order valence-corrected chi connectivity index (χ4v) is 1.75. The summed E-state index contributed by atoms with van der Waals surface area (Å²) in [6.07, 6.45) is 1.54. The van der Waals surface area contributed by atoms with Gasteiger partial charge in [0, 0.05) is 13.6 Å². The summed E-state index contributed by atoms with van der Waals surface area (Å²) < 4.78 is 5.19. The highest BCUT2D eigenvalue weighted by Crippen LogP contribution is 2.21. The molecule has 5 heteroatoms. The summed E-state index contributed by atoms with van der Waals surface area (Å²) in [5, 5.41) is 8.74. The van der Waals surface area contributed by atoms with Crippen molar-refractivity contribution in [2.24, 2.45) is 0 Å². The van der Waals surface area contributed by atoms with E-state index in [0.717, 1.165) is 12.8 Å². The molecule has 1 amide bonds. The van der Waals surface area contributed by atoms with Crippen LogP contribution in [0.1, 0.15) is 32.6 Å². The molecule has 1 saturated heterocycles. The molecule has 1 aliphatic heterocycles. The van der Waals surface area contributed by atoms with Gasteiger partial charge in [-0.05, 0) is 19.3 Å². The topological polar surface area (TPSA) is 66.8 Å². The maximum absolute atomic E-state index is 11.8. The molecule has 0 aliphatic carbocycles. The van der Waals surface area contributed by atoms with Crippen LogP contribution in [-0.4, -0.2) is 47.7 Å². The number of aliphatic carboxylic acids is 1. The van der Waals surface area contributed by atoms with E-state index >= 15 is 0 Å². The zero-order valence-electron chi connectivity index (χ0n) is 9.81. The predicted molar refractivity (Wildman–Crippen MR) is 58.1 cm³/mol. The molecule has 0 aromatic carbocycles. The first-order chi connectivity index (χ1) is 7.56. The van der Waals surface area contributed by atoms with Crippen LogP contribution in [0.3, 0.4) is 0 Å². The number of ether oxygens (including phenoxy) is 1. The Labute approximate surface area is 95.4 Å². The van der Waals surface area contributed by atoms with Crippen LogP contribution in [0, 0.1) is 0 Å². The molecule has 1 heterocycles. The van der Waals surface area contributed by atoms with Crippen LogP contribution in [-0.2, 0) is 14.3 Å². The maximum atomic E-state index is 11.8. The average Bonchev–Trinajstić information content (AvgIpc) is 2.74. The van der Waals surface area contributed by atoms with Gasteiger partial charge in [0.15, 0.2) is 6.10 Å². The molecule has 1 aliphatic rings. The van der Waals surface area contributed by atoms with Gasteiger partial charge in [0.2, 0.25) is 0 Å². The zero-order chi connectivity index (χ0) is 12.1. The van der Waals surface area contributed by atoms with Crippen molar-refractivity contribution in [3.63, 3.8) is 0 Å². The maximum Gasteiger partial charge on any atom is 0.332 e. The summed E-state index contributed by atoms with van der Waals surface area (Å²) in [4.78, 5) is 24.1. The lowest BCUT2D eigenvalue weighted by atomic mass is 10.2. The molecular weight excluding hydrogens is 210 g/mol. The Morgan fingerprint density at radius 3 is 2.50 bits per heavy atom. The van der Waals surface area contributed by atoms with Gasteiger partial charge in [-0.2, -0.15) is 0 Å². The minimum Gasteiger partial charge on any atom is -0.479 e. The Kier molecular flexibility index (Phi) is 4.73. The summed E-state index contributed by atoms with van der Waals surface area (Å²) in [7, 11) is 1.73. The second-order valence-corrected chi connectivity index (χ2v) is 4.14. The van der Waals surface area contributed by atoms with Gasteiger partial charge in [0.1, 0.15) is 6.10 Å². The molecule has 5 nitrogen and oxygen atoms in total. The number of rotatable bonds is 5. The van der Waals surface area contributed by atoms with Crippen molar-refractivity contribution in [1.82, 2.24) is 4.90 Å². The second-order valence-electron chi connectivity index (χ2n) is 4.14. The molecule has 1 rings (SSSR count). The lowest BCUT2D eigenvalue weighted by molar-refractivity contribution is -0.154. The van der Waals surface area contributed by atoms with Crippen LogP contribution in [0.25, 0.3) is 0 Å². The molecule has 0 bridgehead atoms. The van der Waals surface area contributed by atoms with Gasteiger partial charge in [-0.1, -0.05) is 13.3 Å². The van der Waals surface area contributed by atoms with Gasteiger partial charge in [-0.25, -0.2) is 4.79 Å². The van der Waals surface area contributed by atoms with E-state index in [4.69, 9.17) is 9.84 Å². The summed E-state index contributed by atoms with van der Waals surface area (Å²) in [5.74, 6) is -1.08. The predicted octanol–water partition coefficient (Wildman–Crippen LogP) is 0.877. The third-order valence-electron chi connectivity index (χ3n) is 2.79. The molecule has 0 radical (unpaired) electrons. The van der Waals surface area contributed by atoms with Crippen molar-refractivity contribution in [3.8, 4) is 0 Å². The van der Waals surface area contributed by atoms with Gasteiger partial charge < -0.3 is 14.7 Å². The molecule has 16 heavy (non-hydrogen) atoms. The number of carbonyl (C=O) groups excluding carboxylic acids is 1. The van der Waals surface area contributed by atoms with Gasteiger partial charge in [0.25, 0.3) is 5.91 Å². The van der Waals surface area contributed by atoms with Crippen molar-refractivity contribution < 1.29 is 19.4 Å². The van der Waals surface area contributed by atoms with Crippen LogP contribution in [0.4, 0.5) is 0 Å². The smallest absolute Gasteiger partial charge is 0.332 e. The monoisotopic (exact) mass is 229 g/mol.